The Bertz CT molecular complexity index is 484. The van der Waals surface area contributed by atoms with Gasteiger partial charge in [0.2, 0.25) is 11.8 Å². The van der Waals surface area contributed by atoms with Crippen LogP contribution >= 0.6 is 0 Å². The highest BCUT2D eigenvalue weighted by molar-refractivity contribution is 6.02. The predicted molar refractivity (Wildman–Crippen MR) is 76.2 cm³/mol. The number of rotatable bonds is 5. The molecule has 0 spiro atoms. The molecule has 0 unspecified atom stereocenters. The van der Waals surface area contributed by atoms with Crippen LogP contribution in [0.15, 0.2) is 11.5 Å². The van der Waals surface area contributed by atoms with E-state index in [1.165, 1.54) is 4.90 Å². The van der Waals surface area contributed by atoms with E-state index in [2.05, 4.69) is 12.2 Å². The van der Waals surface area contributed by atoms with E-state index in [9.17, 15) is 14.4 Å². The normalized spacial score (nSPS) is 22.0. The molecule has 21 heavy (non-hydrogen) atoms. The number of cyclic esters (lactones) is 1. The summed E-state index contributed by atoms with van der Waals surface area (Å²) < 4.78 is 5.20. The molecule has 2 rings (SSSR count). The van der Waals surface area contributed by atoms with Gasteiger partial charge in [0.25, 0.3) is 0 Å². The van der Waals surface area contributed by atoms with Crippen LogP contribution in [0.1, 0.15) is 52.4 Å². The summed E-state index contributed by atoms with van der Waals surface area (Å²) in [7, 11) is 0. The SMILES string of the molecule is CCCCCC(=O)NC1=C(C)C(=O)[C@H]2CCCN2C(=O)O1. The van der Waals surface area contributed by atoms with Crippen molar-refractivity contribution in [3.63, 3.8) is 0 Å². The van der Waals surface area contributed by atoms with Crippen molar-refractivity contribution in [3.8, 4) is 0 Å². The number of carbonyl (C=O) groups excluding carboxylic acids is 3. The lowest BCUT2D eigenvalue weighted by Gasteiger charge is -2.19. The number of ketones is 1. The monoisotopic (exact) mass is 294 g/mol. The van der Waals surface area contributed by atoms with Crippen LogP contribution in [0.2, 0.25) is 0 Å². The van der Waals surface area contributed by atoms with Crippen LogP contribution in [0.4, 0.5) is 4.79 Å². The van der Waals surface area contributed by atoms with Gasteiger partial charge in [0.05, 0.1) is 11.6 Å². The van der Waals surface area contributed by atoms with E-state index in [1.807, 2.05) is 0 Å². The molecule has 1 atom stereocenters. The summed E-state index contributed by atoms with van der Waals surface area (Å²) in [5.41, 5.74) is 0.321. The first-order chi connectivity index (χ1) is 10.0. The van der Waals surface area contributed by atoms with Gasteiger partial charge < -0.3 is 4.74 Å². The van der Waals surface area contributed by atoms with E-state index >= 15 is 0 Å². The van der Waals surface area contributed by atoms with Crippen LogP contribution < -0.4 is 5.32 Å². The molecule has 2 amide bonds. The molecule has 1 saturated heterocycles. The van der Waals surface area contributed by atoms with E-state index in [-0.39, 0.29) is 17.6 Å². The molecule has 2 heterocycles. The van der Waals surface area contributed by atoms with Crippen LogP contribution in [0.5, 0.6) is 0 Å². The Kier molecular flexibility index (Phi) is 4.98. The molecule has 0 aromatic heterocycles. The minimum absolute atomic E-state index is 0.000832. The summed E-state index contributed by atoms with van der Waals surface area (Å²) in [5, 5.41) is 2.57. The van der Waals surface area contributed by atoms with Gasteiger partial charge in [0.15, 0.2) is 5.78 Å². The minimum atomic E-state index is -0.549. The van der Waals surface area contributed by atoms with Crippen LogP contribution in [0.25, 0.3) is 0 Å². The van der Waals surface area contributed by atoms with Crippen molar-refractivity contribution in [1.82, 2.24) is 10.2 Å². The molecule has 0 bridgehead atoms. The molecule has 6 nitrogen and oxygen atoms in total. The molecule has 2 aliphatic rings. The molecular weight excluding hydrogens is 272 g/mol. The van der Waals surface area contributed by atoms with Gasteiger partial charge >= 0.3 is 6.09 Å². The van der Waals surface area contributed by atoms with Crippen LogP contribution in [0.3, 0.4) is 0 Å². The van der Waals surface area contributed by atoms with E-state index in [0.717, 1.165) is 25.7 Å². The summed E-state index contributed by atoms with van der Waals surface area (Å²) in [6.45, 7) is 4.18. The summed E-state index contributed by atoms with van der Waals surface area (Å²) >= 11 is 0. The Hall–Kier alpha value is -1.85. The standard InChI is InChI=1S/C15H22N2O4/c1-3-4-5-8-12(18)16-14-10(2)13(19)11-7-6-9-17(11)15(20)21-14/h11H,3-9H2,1-2H3,(H,16,18)/t11-/m1/s1. The fraction of sp³-hybridized carbons (Fsp3) is 0.667. The molecule has 0 aromatic carbocycles. The summed E-state index contributed by atoms with van der Waals surface area (Å²) in [6.07, 6.45) is 4.06. The van der Waals surface area contributed by atoms with Crippen LogP contribution in [0, 0.1) is 0 Å². The van der Waals surface area contributed by atoms with Crippen molar-refractivity contribution in [3.05, 3.63) is 11.5 Å². The number of ether oxygens (including phenoxy) is 1. The average Bonchev–Trinajstić information content (AvgIpc) is 2.91. The first-order valence-electron chi connectivity index (χ1n) is 7.58. The molecular formula is C15H22N2O4. The Morgan fingerprint density at radius 3 is 2.86 bits per heavy atom. The van der Waals surface area contributed by atoms with Gasteiger partial charge in [-0.2, -0.15) is 0 Å². The van der Waals surface area contributed by atoms with Gasteiger partial charge in [-0.25, -0.2) is 4.79 Å². The van der Waals surface area contributed by atoms with E-state index < -0.39 is 12.1 Å². The molecule has 0 aliphatic carbocycles. The quantitative estimate of drug-likeness (QED) is 0.788. The second kappa shape index (κ2) is 6.74. The Labute approximate surface area is 124 Å². The largest absolute Gasteiger partial charge is 0.417 e. The van der Waals surface area contributed by atoms with E-state index in [4.69, 9.17) is 4.74 Å². The zero-order valence-corrected chi connectivity index (χ0v) is 12.6. The van der Waals surface area contributed by atoms with Crippen molar-refractivity contribution in [1.29, 1.82) is 0 Å². The van der Waals surface area contributed by atoms with Crippen molar-refractivity contribution < 1.29 is 19.1 Å². The predicted octanol–water partition coefficient (Wildman–Crippen LogP) is 2.10. The number of Topliss-reactive ketones (excluding diaryl/α,β-unsaturated/α-hetero) is 1. The maximum atomic E-state index is 12.3. The second-order valence-electron chi connectivity index (χ2n) is 5.54. The summed E-state index contributed by atoms with van der Waals surface area (Å²) in [4.78, 5) is 37.6. The lowest BCUT2D eigenvalue weighted by atomic mass is 10.0. The molecule has 2 aliphatic heterocycles. The zero-order valence-electron chi connectivity index (χ0n) is 12.6. The number of nitrogens with zero attached hydrogens (tertiary/aromatic N) is 1. The third-order valence-electron chi connectivity index (χ3n) is 3.95. The minimum Gasteiger partial charge on any atom is -0.393 e. The van der Waals surface area contributed by atoms with Crippen LogP contribution in [-0.4, -0.2) is 35.3 Å². The van der Waals surface area contributed by atoms with Gasteiger partial charge in [-0.15, -0.1) is 0 Å². The first kappa shape index (κ1) is 15.5. The molecule has 1 fully saturated rings. The van der Waals surface area contributed by atoms with Gasteiger partial charge in [-0.1, -0.05) is 19.8 Å². The molecule has 1 N–H and O–H groups in total. The topological polar surface area (TPSA) is 75.7 Å². The highest BCUT2D eigenvalue weighted by atomic mass is 16.6. The Balaban J connectivity index is 2.07. The second-order valence-corrected chi connectivity index (χ2v) is 5.54. The number of fused-ring (bicyclic) bond motifs is 1. The zero-order chi connectivity index (χ0) is 15.4. The molecule has 0 saturated carbocycles. The maximum absolute atomic E-state index is 12.3. The van der Waals surface area contributed by atoms with Gasteiger partial charge in [0.1, 0.15) is 0 Å². The van der Waals surface area contributed by atoms with Crippen molar-refractivity contribution in [2.24, 2.45) is 0 Å². The number of nitrogens with one attached hydrogen (secondary N) is 1. The molecule has 6 heteroatoms. The first-order valence-corrected chi connectivity index (χ1v) is 7.58. The van der Waals surface area contributed by atoms with E-state index in [1.54, 1.807) is 6.92 Å². The number of hydrogen-bond donors (Lipinski definition) is 1. The van der Waals surface area contributed by atoms with Gasteiger partial charge in [-0.05, 0) is 26.2 Å². The highest BCUT2D eigenvalue weighted by Gasteiger charge is 2.40. The lowest BCUT2D eigenvalue weighted by Crippen LogP contribution is -2.38. The summed E-state index contributed by atoms with van der Waals surface area (Å²) in [6, 6.07) is -0.438. The number of amides is 2. The van der Waals surface area contributed by atoms with Crippen LogP contribution in [-0.2, 0) is 14.3 Å². The summed E-state index contributed by atoms with van der Waals surface area (Å²) in [5.74, 6) is -0.358. The van der Waals surface area contributed by atoms with E-state index in [0.29, 0.717) is 25.0 Å². The lowest BCUT2D eigenvalue weighted by molar-refractivity contribution is -0.121. The van der Waals surface area contributed by atoms with Crippen molar-refractivity contribution in [2.75, 3.05) is 6.54 Å². The average molecular weight is 294 g/mol. The Morgan fingerprint density at radius 1 is 1.38 bits per heavy atom. The molecule has 0 radical (unpaired) electrons. The smallest absolute Gasteiger partial charge is 0.393 e. The van der Waals surface area contributed by atoms with Crippen molar-refractivity contribution >= 4 is 17.8 Å². The fourth-order valence-electron chi connectivity index (χ4n) is 2.69. The maximum Gasteiger partial charge on any atom is 0.417 e. The fourth-order valence-corrected chi connectivity index (χ4v) is 2.69. The Morgan fingerprint density at radius 2 is 2.14 bits per heavy atom. The third-order valence-corrected chi connectivity index (χ3v) is 3.95. The van der Waals surface area contributed by atoms with Gasteiger partial charge in [-0.3, -0.25) is 19.8 Å². The highest BCUT2D eigenvalue weighted by Crippen LogP contribution is 2.26. The number of unbranched alkanes of at least 4 members (excludes halogenated alkanes) is 2. The molecule has 0 aromatic rings. The number of hydrogen-bond acceptors (Lipinski definition) is 4. The third kappa shape index (κ3) is 3.43. The van der Waals surface area contributed by atoms with Crippen molar-refractivity contribution in [2.45, 2.75) is 58.4 Å². The number of carbonyl (C=O) groups is 3. The molecule has 116 valence electrons. The van der Waals surface area contributed by atoms with Gasteiger partial charge in [0, 0.05) is 13.0 Å².